The van der Waals surface area contributed by atoms with Gasteiger partial charge in [0.05, 0.1) is 5.92 Å². The molecule has 0 heterocycles. The summed E-state index contributed by atoms with van der Waals surface area (Å²) in [6.45, 7) is 7.99. The molecule has 8 unspecified atom stereocenters. The Bertz CT molecular complexity index is 540. The van der Waals surface area contributed by atoms with Crippen LogP contribution in [0.5, 0.6) is 0 Å². The van der Waals surface area contributed by atoms with Crippen molar-refractivity contribution in [3.05, 3.63) is 12.2 Å². The van der Waals surface area contributed by atoms with Crippen LogP contribution in [0.15, 0.2) is 12.2 Å². The number of hydrogen-bond acceptors (Lipinski definition) is 4. The maximum absolute atomic E-state index is 12.7. The molecule has 24 heavy (non-hydrogen) atoms. The van der Waals surface area contributed by atoms with Crippen LogP contribution < -0.4 is 0 Å². The zero-order valence-corrected chi connectivity index (χ0v) is 15.2. The molecule has 4 heteroatoms. The zero-order valence-electron chi connectivity index (χ0n) is 15.2. The molecule has 0 radical (unpaired) electrons. The normalized spacial score (nSPS) is 43.2. The van der Waals surface area contributed by atoms with Gasteiger partial charge >= 0.3 is 5.97 Å². The van der Waals surface area contributed by atoms with E-state index >= 15 is 0 Å². The van der Waals surface area contributed by atoms with E-state index in [-0.39, 0.29) is 11.9 Å². The minimum absolute atomic E-state index is 0.0625. The Kier molecular flexibility index (Phi) is 4.04. The first-order valence-corrected chi connectivity index (χ1v) is 9.60. The Hall–Kier alpha value is -0.870. The molecule has 0 aromatic carbocycles. The minimum atomic E-state index is -0.733. The number of fused-ring (bicyclic) bond motifs is 9. The van der Waals surface area contributed by atoms with Crippen molar-refractivity contribution in [2.75, 3.05) is 6.61 Å². The second-order valence-electron chi connectivity index (χ2n) is 8.56. The topological polar surface area (TPSA) is 44.8 Å². The smallest absolute Gasteiger partial charge is 0.311 e. The third kappa shape index (κ3) is 2.62. The second-order valence-corrected chi connectivity index (χ2v) is 8.56. The van der Waals surface area contributed by atoms with E-state index in [1.807, 2.05) is 20.8 Å². The van der Waals surface area contributed by atoms with Gasteiger partial charge in [0.15, 0.2) is 5.79 Å². The molecule has 0 aromatic heterocycles. The standard InChI is InChI=1S/C20H30O4/c1-5-22-20(3,4)24-11(2)23-19(21)16-10-14-9-15(16)18-13-7-6-12(8-13)17(14)18/h6-7,11-18H,5,8-10H2,1-4H3. The summed E-state index contributed by atoms with van der Waals surface area (Å²) >= 11 is 0. The third-order valence-corrected chi connectivity index (χ3v) is 6.80. The molecular weight excluding hydrogens is 304 g/mol. The Labute approximate surface area is 144 Å². The largest absolute Gasteiger partial charge is 0.436 e. The van der Waals surface area contributed by atoms with Crippen molar-refractivity contribution in [2.45, 2.75) is 59.0 Å². The lowest BCUT2D eigenvalue weighted by Crippen LogP contribution is -2.38. The number of esters is 1. The van der Waals surface area contributed by atoms with Gasteiger partial charge in [-0.25, -0.2) is 0 Å². The molecule has 4 rings (SSSR count). The molecule has 134 valence electrons. The summed E-state index contributed by atoms with van der Waals surface area (Å²) < 4.78 is 16.9. The van der Waals surface area contributed by atoms with Gasteiger partial charge in [-0.1, -0.05) is 12.2 Å². The first-order valence-electron chi connectivity index (χ1n) is 9.60. The Morgan fingerprint density at radius 2 is 1.88 bits per heavy atom. The molecule has 4 aliphatic carbocycles. The number of hydrogen-bond donors (Lipinski definition) is 0. The minimum Gasteiger partial charge on any atom is -0.436 e. The molecule has 0 amide bonds. The van der Waals surface area contributed by atoms with Crippen molar-refractivity contribution >= 4 is 5.97 Å². The summed E-state index contributed by atoms with van der Waals surface area (Å²) in [5.74, 6) is 3.62. The summed E-state index contributed by atoms with van der Waals surface area (Å²) in [7, 11) is 0. The van der Waals surface area contributed by atoms with Gasteiger partial charge in [-0.05, 0) is 82.5 Å². The summed E-state index contributed by atoms with van der Waals surface area (Å²) in [5, 5.41) is 0. The second kappa shape index (κ2) is 5.84. The molecule has 3 fully saturated rings. The summed E-state index contributed by atoms with van der Waals surface area (Å²) in [6, 6.07) is 0. The third-order valence-electron chi connectivity index (χ3n) is 6.80. The highest BCUT2D eigenvalue weighted by Gasteiger charge is 2.62. The number of ether oxygens (including phenoxy) is 3. The lowest BCUT2D eigenvalue weighted by atomic mass is 9.69. The van der Waals surface area contributed by atoms with Crippen LogP contribution >= 0.6 is 0 Å². The fraction of sp³-hybridized carbons (Fsp3) is 0.850. The van der Waals surface area contributed by atoms with Crippen molar-refractivity contribution in [2.24, 2.45) is 41.4 Å². The van der Waals surface area contributed by atoms with Crippen LogP contribution in [-0.2, 0) is 19.0 Å². The molecule has 3 saturated carbocycles. The average molecular weight is 334 g/mol. The molecule has 8 atom stereocenters. The van der Waals surface area contributed by atoms with Crippen molar-refractivity contribution in [1.82, 2.24) is 0 Å². The number of allylic oxidation sites excluding steroid dienone is 2. The molecule has 4 aliphatic rings. The van der Waals surface area contributed by atoms with Gasteiger partial charge in [0.1, 0.15) is 0 Å². The van der Waals surface area contributed by atoms with Crippen LogP contribution in [0.25, 0.3) is 0 Å². The van der Waals surface area contributed by atoms with E-state index < -0.39 is 12.1 Å². The molecule has 4 nitrogen and oxygen atoms in total. The van der Waals surface area contributed by atoms with E-state index in [1.54, 1.807) is 6.92 Å². The number of carbonyl (C=O) groups is 1. The Morgan fingerprint density at radius 3 is 2.58 bits per heavy atom. The zero-order chi connectivity index (χ0) is 17.1. The summed E-state index contributed by atoms with van der Waals surface area (Å²) in [4.78, 5) is 12.7. The monoisotopic (exact) mass is 334 g/mol. The first-order chi connectivity index (χ1) is 11.4. The van der Waals surface area contributed by atoms with Crippen LogP contribution in [0.3, 0.4) is 0 Å². The van der Waals surface area contributed by atoms with Gasteiger partial charge in [-0.15, -0.1) is 0 Å². The van der Waals surface area contributed by atoms with Crippen LogP contribution in [0.2, 0.25) is 0 Å². The van der Waals surface area contributed by atoms with Crippen LogP contribution in [-0.4, -0.2) is 24.7 Å². The fourth-order valence-electron chi connectivity index (χ4n) is 6.34. The number of rotatable bonds is 6. The van der Waals surface area contributed by atoms with Crippen molar-refractivity contribution in [3.63, 3.8) is 0 Å². The van der Waals surface area contributed by atoms with Crippen molar-refractivity contribution in [3.8, 4) is 0 Å². The highest BCUT2D eigenvalue weighted by atomic mass is 16.8. The van der Waals surface area contributed by atoms with E-state index in [0.29, 0.717) is 12.5 Å². The summed E-state index contributed by atoms with van der Waals surface area (Å²) in [6.07, 6.45) is 7.84. The predicted octanol–water partition coefficient (Wildman–Crippen LogP) is 3.76. The van der Waals surface area contributed by atoms with Gasteiger partial charge in [-0.3, -0.25) is 4.79 Å². The van der Waals surface area contributed by atoms with Crippen LogP contribution in [0.1, 0.15) is 47.0 Å². The van der Waals surface area contributed by atoms with E-state index in [0.717, 1.165) is 36.0 Å². The highest BCUT2D eigenvalue weighted by molar-refractivity contribution is 5.73. The van der Waals surface area contributed by atoms with Crippen molar-refractivity contribution < 1.29 is 19.0 Å². The van der Waals surface area contributed by atoms with Crippen LogP contribution in [0.4, 0.5) is 0 Å². The molecule has 0 N–H and O–H groups in total. The van der Waals surface area contributed by atoms with Gasteiger partial charge in [0.2, 0.25) is 6.29 Å². The molecule has 0 saturated heterocycles. The predicted molar refractivity (Wildman–Crippen MR) is 89.8 cm³/mol. The van der Waals surface area contributed by atoms with E-state index in [9.17, 15) is 4.79 Å². The van der Waals surface area contributed by atoms with E-state index in [2.05, 4.69) is 12.2 Å². The lowest BCUT2D eigenvalue weighted by Gasteiger charge is -2.36. The van der Waals surface area contributed by atoms with E-state index in [4.69, 9.17) is 14.2 Å². The SMILES string of the molecule is CCOC(C)(C)OC(C)OC(=O)C1CC2CC1C1C3C=CC(C3)C21. The van der Waals surface area contributed by atoms with Gasteiger partial charge in [0.25, 0.3) is 0 Å². The number of carbonyl (C=O) groups excluding carboxylic acids is 1. The molecular formula is C20H30O4. The highest BCUT2D eigenvalue weighted by Crippen LogP contribution is 2.67. The average Bonchev–Trinajstić information content (AvgIpc) is 3.24. The lowest BCUT2D eigenvalue weighted by molar-refractivity contribution is -0.281. The van der Waals surface area contributed by atoms with E-state index in [1.165, 1.54) is 12.8 Å². The van der Waals surface area contributed by atoms with Crippen molar-refractivity contribution in [1.29, 1.82) is 0 Å². The van der Waals surface area contributed by atoms with Gasteiger partial charge in [0, 0.05) is 6.61 Å². The van der Waals surface area contributed by atoms with Crippen LogP contribution in [0, 0.1) is 41.4 Å². The van der Waals surface area contributed by atoms with Gasteiger partial charge in [-0.2, -0.15) is 0 Å². The quantitative estimate of drug-likeness (QED) is 0.321. The fourth-order valence-corrected chi connectivity index (χ4v) is 6.34. The maximum atomic E-state index is 12.7. The Balaban J connectivity index is 1.36. The summed E-state index contributed by atoms with van der Waals surface area (Å²) in [5.41, 5.74) is 0. The Morgan fingerprint density at radius 1 is 1.17 bits per heavy atom. The molecule has 0 aromatic rings. The molecule has 0 spiro atoms. The van der Waals surface area contributed by atoms with Gasteiger partial charge < -0.3 is 14.2 Å². The molecule has 0 aliphatic heterocycles. The maximum Gasteiger partial charge on any atom is 0.311 e. The molecule has 4 bridgehead atoms. The first kappa shape index (κ1) is 16.6.